The quantitative estimate of drug-likeness (QED) is 0.808. The number of benzene rings is 2. The number of aryl methyl sites for hydroxylation is 4. The first-order valence-corrected chi connectivity index (χ1v) is 10.1. The minimum Gasteiger partial charge on any atom is -0.511 e. The maximum atomic E-state index is 13.4. The average Bonchev–Trinajstić information content (AvgIpc) is 3.29. The molecule has 2 aromatic carbocycles. The highest BCUT2D eigenvalue weighted by molar-refractivity contribution is 6.26. The number of allylic oxidation sites excluding steroid dienone is 1. The van der Waals surface area contributed by atoms with Crippen molar-refractivity contribution in [2.45, 2.75) is 52.2 Å². The van der Waals surface area contributed by atoms with Crippen molar-refractivity contribution in [2.75, 3.05) is 0 Å². The molecule has 2 bridgehead atoms. The molecule has 5 atom stereocenters. The molecule has 2 aromatic rings. The molecule has 0 aromatic heterocycles. The normalized spacial score (nSPS) is 31.0. The van der Waals surface area contributed by atoms with Gasteiger partial charge in [-0.1, -0.05) is 47.5 Å². The van der Waals surface area contributed by atoms with Gasteiger partial charge in [-0.15, -0.1) is 0 Å². The van der Waals surface area contributed by atoms with Crippen LogP contribution in [0.15, 0.2) is 42.2 Å². The lowest BCUT2D eigenvalue weighted by Crippen LogP contribution is -2.33. The minimum atomic E-state index is -0.234. The van der Waals surface area contributed by atoms with Gasteiger partial charge in [0.1, 0.15) is 5.76 Å². The van der Waals surface area contributed by atoms with Crippen LogP contribution in [0.25, 0.3) is 5.57 Å². The highest BCUT2D eigenvalue weighted by atomic mass is 16.5. The zero-order chi connectivity index (χ0) is 19.7. The molecule has 2 fully saturated rings. The molecule has 2 aliphatic heterocycles. The molecule has 1 aliphatic carbocycles. The molecule has 0 amide bonds. The lowest BCUT2D eigenvalue weighted by atomic mass is 9.72. The zero-order valence-corrected chi connectivity index (χ0v) is 16.8. The molecule has 3 nitrogen and oxygen atoms in total. The molecule has 0 unspecified atom stereocenters. The Hall–Kier alpha value is -2.39. The van der Waals surface area contributed by atoms with Gasteiger partial charge in [-0.2, -0.15) is 0 Å². The smallest absolute Gasteiger partial charge is 0.173 e. The Bertz CT molecular complexity index is 992. The Labute approximate surface area is 166 Å². The highest BCUT2D eigenvalue weighted by Gasteiger charge is 2.62. The van der Waals surface area contributed by atoms with Gasteiger partial charge in [0.05, 0.1) is 29.6 Å². The van der Waals surface area contributed by atoms with Crippen molar-refractivity contribution in [1.82, 2.24) is 0 Å². The number of carbonyl (C=O) groups excluding carboxylic acids is 1. The molecule has 2 heterocycles. The lowest BCUT2D eigenvalue weighted by molar-refractivity contribution is -0.118. The number of hydrogen-bond acceptors (Lipinski definition) is 3. The maximum Gasteiger partial charge on any atom is 0.173 e. The summed E-state index contributed by atoms with van der Waals surface area (Å²) in [5, 5.41) is 11.2. The van der Waals surface area contributed by atoms with Crippen molar-refractivity contribution in [3.05, 3.63) is 75.5 Å². The Morgan fingerprint density at radius 3 is 2.21 bits per heavy atom. The predicted octanol–water partition coefficient (Wildman–Crippen LogP) is 4.96. The van der Waals surface area contributed by atoms with E-state index in [0.717, 1.165) is 23.1 Å². The summed E-state index contributed by atoms with van der Waals surface area (Å²) < 4.78 is 6.23. The van der Waals surface area contributed by atoms with Gasteiger partial charge >= 0.3 is 0 Å². The van der Waals surface area contributed by atoms with Crippen molar-refractivity contribution in [3.8, 4) is 0 Å². The van der Waals surface area contributed by atoms with Crippen molar-refractivity contribution in [1.29, 1.82) is 0 Å². The Balaban J connectivity index is 1.57. The summed E-state index contributed by atoms with van der Waals surface area (Å²) >= 11 is 0. The summed E-state index contributed by atoms with van der Waals surface area (Å²) in [7, 11) is 0. The SMILES string of the molecule is Cc1ccc([C@@H]2C[C@@H]3O[C@H]2[C@H]2C(O)=C(c4c(C)cc(C)cc4C)C(=O)[C@H]23)cc1. The summed E-state index contributed by atoms with van der Waals surface area (Å²) in [5.74, 6) is 0.0950. The van der Waals surface area contributed by atoms with E-state index in [2.05, 4.69) is 50.2 Å². The van der Waals surface area contributed by atoms with Crippen molar-refractivity contribution >= 4 is 11.4 Å². The van der Waals surface area contributed by atoms with Gasteiger partial charge < -0.3 is 9.84 Å². The molecule has 1 N–H and O–H groups in total. The maximum absolute atomic E-state index is 13.4. The van der Waals surface area contributed by atoms with Crippen LogP contribution in [0.2, 0.25) is 0 Å². The predicted molar refractivity (Wildman–Crippen MR) is 109 cm³/mol. The first-order chi connectivity index (χ1) is 13.4. The van der Waals surface area contributed by atoms with Crippen LogP contribution >= 0.6 is 0 Å². The van der Waals surface area contributed by atoms with Crippen LogP contribution < -0.4 is 0 Å². The highest BCUT2D eigenvalue weighted by Crippen LogP contribution is 2.58. The summed E-state index contributed by atoms with van der Waals surface area (Å²) in [4.78, 5) is 13.4. The molecule has 0 radical (unpaired) electrons. The van der Waals surface area contributed by atoms with Gasteiger partial charge in [0.2, 0.25) is 0 Å². The molecular weight excluding hydrogens is 348 g/mol. The molecule has 3 heteroatoms. The number of carbonyl (C=O) groups is 1. The molecule has 2 saturated heterocycles. The Kier molecular flexibility index (Phi) is 3.82. The van der Waals surface area contributed by atoms with Gasteiger partial charge in [-0.05, 0) is 56.4 Å². The average molecular weight is 374 g/mol. The van der Waals surface area contributed by atoms with Crippen molar-refractivity contribution in [3.63, 3.8) is 0 Å². The largest absolute Gasteiger partial charge is 0.511 e. The number of hydrogen-bond donors (Lipinski definition) is 1. The van der Waals surface area contributed by atoms with Gasteiger partial charge in [0, 0.05) is 5.92 Å². The Morgan fingerprint density at radius 2 is 1.57 bits per heavy atom. The third-order valence-electron chi connectivity index (χ3n) is 6.91. The number of aliphatic hydroxyl groups excluding tert-OH is 1. The first kappa shape index (κ1) is 17.7. The fraction of sp³-hybridized carbons (Fsp3) is 0.400. The second-order valence-electron chi connectivity index (χ2n) is 8.84. The number of ketones is 1. The molecular formula is C25H26O3. The van der Waals surface area contributed by atoms with Crippen LogP contribution in [0.4, 0.5) is 0 Å². The first-order valence-electron chi connectivity index (χ1n) is 10.1. The van der Waals surface area contributed by atoms with E-state index < -0.39 is 0 Å². The second kappa shape index (κ2) is 6.05. The molecule has 144 valence electrons. The number of fused-ring (bicyclic) bond motifs is 5. The molecule has 0 spiro atoms. The topological polar surface area (TPSA) is 46.5 Å². The van der Waals surface area contributed by atoms with E-state index in [9.17, 15) is 9.90 Å². The van der Waals surface area contributed by atoms with E-state index in [-0.39, 0.29) is 41.5 Å². The zero-order valence-electron chi connectivity index (χ0n) is 16.8. The third kappa shape index (κ3) is 2.35. The van der Waals surface area contributed by atoms with Gasteiger partial charge in [-0.3, -0.25) is 4.79 Å². The van der Waals surface area contributed by atoms with Gasteiger partial charge in [0.25, 0.3) is 0 Å². The summed E-state index contributed by atoms with van der Waals surface area (Å²) in [6.45, 7) is 8.19. The molecule has 5 rings (SSSR count). The van der Waals surface area contributed by atoms with Crippen LogP contribution in [0, 0.1) is 39.5 Å². The molecule has 3 aliphatic rings. The van der Waals surface area contributed by atoms with Crippen molar-refractivity contribution < 1.29 is 14.6 Å². The van der Waals surface area contributed by atoms with E-state index in [1.165, 1.54) is 16.7 Å². The van der Waals surface area contributed by atoms with E-state index in [1.54, 1.807) is 0 Å². The van der Waals surface area contributed by atoms with Crippen LogP contribution in [0.1, 0.15) is 45.7 Å². The van der Waals surface area contributed by atoms with E-state index in [0.29, 0.717) is 5.57 Å². The van der Waals surface area contributed by atoms with Gasteiger partial charge in [-0.25, -0.2) is 0 Å². The van der Waals surface area contributed by atoms with Crippen molar-refractivity contribution in [2.24, 2.45) is 11.8 Å². The second-order valence-corrected chi connectivity index (χ2v) is 8.84. The van der Waals surface area contributed by atoms with Gasteiger partial charge in [0.15, 0.2) is 5.78 Å². The van der Waals surface area contributed by atoms with E-state index >= 15 is 0 Å². The number of ether oxygens (including phenoxy) is 1. The van der Waals surface area contributed by atoms with Crippen LogP contribution in [-0.4, -0.2) is 23.1 Å². The fourth-order valence-electron chi connectivity index (χ4n) is 5.82. The van der Waals surface area contributed by atoms with Crippen LogP contribution in [-0.2, 0) is 9.53 Å². The number of rotatable bonds is 2. The van der Waals surface area contributed by atoms with Crippen LogP contribution in [0.3, 0.4) is 0 Å². The summed E-state index contributed by atoms with van der Waals surface area (Å²) in [6.07, 6.45) is 0.636. The third-order valence-corrected chi connectivity index (χ3v) is 6.91. The standard InChI is InChI=1S/C25H26O3/c1-12-5-7-16(8-6-12)17-11-18-20-22(25(17)28-18)24(27)21(23(20)26)19-14(3)9-13(2)10-15(19)4/h5-10,17-18,20,22,25,27H,11H2,1-4H3/t17-,18-,20-,22+,25+/m0/s1. The molecule has 28 heavy (non-hydrogen) atoms. The molecule has 0 saturated carbocycles. The van der Waals surface area contributed by atoms with Crippen LogP contribution in [0.5, 0.6) is 0 Å². The minimum absolute atomic E-state index is 0.0624. The number of Topliss-reactive ketones (excluding diaryl/α,β-unsaturated/α-hetero) is 1. The Morgan fingerprint density at radius 1 is 0.929 bits per heavy atom. The lowest BCUT2D eigenvalue weighted by Gasteiger charge is -2.27. The summed E-state index contributed by atoms with van der Waals surface area (Å²) in [5.41, 5.74) is 7.20. The summed E-state index contributed by atoms with van der Waals surface area (Å²) in [6, 6.07) is 12.7. The fourth-order valence-corrected chi connectivity index (χ4v) is 5.82. The number of aliphatic hydroxyl groups is 1. The monoisotopic (exact) mass is 374 g/mol. The van der Waals surface area contributed by atoms with E-state index in [4.69, 9.17) is 4.74 Å². The van der Waals surface area contributed by atoms with E-state index in [1.807, 2.05) is 13.8 Å².